The molecule has 1 unspecified atom stereocenters. The third-order valence-electron chi connectivity index (χ3n) is 10.2. The first kappa shape index (κ1) is 27.7. The highest BCUT2D eigenvalue weighted by atomic mass is 16.3. The summed E-state index contributed by atoms with van der Waals surface area (Å²) < 4.78 is 0. The van der Waals surface area contributed by atoms with Crippen LogP contribution in [0.25, 0.3) is 0 Å². The Kier molecular flexibility index (Phi) is 8.67. The second-order valence-corrected chi connectivity index (χ2v) is 12.0. The SMILES string of the molecule is CCCCC(O)CO.C[C@]12CC[C@@H](O)C[C@H]1CC[C@@H]1[C@@H]2C(=O)C[C@@]2(C)[C@H]1CC[C@]2(O)C(=O)CO. The molecule has 0 amide bonds. The Morgan fingerprint density at radius 2 is 1.82 bits per heavy atom. The maximum absolute atomic E-state index is 13.4. The Morgan fingerprint density at radius 1 is 1.12 bits per heavy atom. The molecule has 0 aromatic rings. The van der Waals surface area contributed by atoms with Gasteiger partial charge in [-0.05, 0) is 74.5 Å². The summed E-state index contributed by atoms with van der Waals surface area (Å²) in [5, 5.41) is 47.7. The highest BCUT2D eigenvalue weighted by Crippen LogP contribution is 2.67. The lowest BCUT2D eigenvalue weighted by Crippen LogP contribution is -2.62. The summed E-state index contributed by atoms with van der Waals surface area (Å²) in [6.07, 6.45) is 7.79. The zero-order valence-electron chi connectivity index (χ0n) is 21.2. The maximum atomic E-state index is 13.4. The van der Waals surface area contributed by atoms with Crippen molar-refractivity contribution in [1.82, 2.24) is 0 Å². The summed E-state index contributed by atoms with van der Waals surface area (Å²) in [7, 11) is 0. The highest BCUT2D eigenvalue weighted by Gasteiger charge is 2.68. The van der Waals surface area contributed by atoms with E-state index in [1.54, 1.807) is 0 Å². The molecule has 9 atom stereocenters. The van der Waals surface area contributed by atoms with Crippen LogP contribution in [0, 0.1) is 34.5 Å². The van der Waals surface area contributed by atoms with Gasteiger partial charge in [-0.25, -0.2) is 0 Å². The van der Waals surface area contributed by atoms with E-state index in [9.17, 15) is 24.9 Å². The van der Waals surface area contributed by atoms with Crippen LogP contribution in [0.3, 0.4) is 0 Å². The van der Waals surface area contributed by atoms with E-state index in [2.05, 4.69) is 13.8 Å². The minimum absolute atomic E-state index is 0.0154. The average Bonchev–Trinajstić information content (AvgIpc) is 3.08. The van der Waals surface area contributed by atoms with Gasteiger partial charge in [0.25, 0.3) is 0 Å². The van der Waals surface area contributed by atoms with E-state index in [1.807, 2.05) is 6.92 Å². The largest absolute Gasteiger partial charge is 0.394 e. The zero-order chi connectivity index (χ0) is 25.3. The molecule has 0 spiro atoms. The van der Waals surface area contributed by atoms with Crippen LogP contribution in [0.15, 0.2) is 0 Å². The van der Waals surface area contributed by atoms with E-state index in [4.69, 9.17) is 10.2 Å². The predicted molar refractivity (Wildman–Crippen MR) is 128 cm³/mol. The first-order valence-electron chi connectivity index (χ1n) is 13.3. The van der Waals surface area contributed by atoms with Gasteiger partial charge in [0, 0.05) is 17.8 Å². The van der Waals surface area contributed by atoms with Gasteiger partial charge in [-0.3, -0.25) is 9.59 Å². The quantitative estimate of drug-likeness (QED) is 0.392. The van der Waals surface area contributed by atoms with Gasteiger partial charge in [-0.15, -0.1) is 0 Å². The molecule has 7 nitrogen and oxygen atoms in total. The first-order valence-corrected chi connectivity index (χ1v) is 13.3. The van der Waals surface area contributed by atoms with Gasteiger partial charge in [0.15, 0.2) is 5.78 Å². The fourth-order valence-corrected chi connectivity index (χ4v) is 8.17. The smallest absolute Gasteiger partial charge is 0.190 e. The van der Waals surface area contributed by atoms with Crippen molar-refractivity contribution in [2.24, 2.45) is 34.5 Å². The number of aliphatic hydroxyl groups excluding tert-OH is 4. The van der Waals surface area contributed by atoms with Gasteiger partial charge >= 0.3 is 0 Å². The molecule has 4 fully saturated rings. The fourth-order valence-electron chi connectivity index (χ4n) is 8.17. The van der Waals surface area contributed by atoms with Gasteiger partial charge in [0.1, 0.15) is 18.0 Å². The molecule has 0 bridgehead atoms. The number of hydrogen-bond acceptors (Lipinski definition) is 7. The van der Waals surface area contributed by atoms with Crippen LogP contribution in [0.4, 0.5) is 0 Å². The molecule has 0 saturated heterocycles. The van der Waals surface area contributed by atoms with Crippen LogP contribution in [-0.2, 0) is 9.59 Å². The van der Waals surface area contributed by atoms with Gasteiger partial charge in [0.05, 0.1) is 18.8 Å². The topological polar surface area (TPSA) is 135 Å². The number of hydrogen-bond donors (Lipinski definition) is 5. The molecular formula is C27H46O7. The zero-order valence-corrected chi connectivity index (χ0v) is 21.2. The first-order chi connectivity index (χ1) is 16.0. The van der Waals surface area contributed by atoms with Crippen molar-refractivity contribution >= 4 is 11.6 Å². The van der Waals surface area contributed by atoms with Gasteiger partial charge in [-0.1, -0.05) is 33.6 Å². The van der Waals surface area contributed by atoms with Crippen LogP contribution < -0.4 is 0 Å². The van der Waals surface area contributed by atoms with Crippen molar-refractivity contribution in [3.8, 4) is 0 Å². The highest BCUT2D eigenvalue weighted by molar-refractivity contribution is 5.92. The Bertz CT molecular complexity index is 740. The van der Waals surface area contributed by atoms with Gasteiger partial charge in [0.2, 0.25) is 0 Å². The lowest BCUT2D eigenvalue weighted by Gasteiger charge is -2.60. The Balaban J connectivity index is 0.000000350. The Morgan fingerprint density at radius 3 is 2.44 bits per heavy atom. The van der Waals surface area contributed by atoms with E-state index in [0.29, 0.717) is 12.3 Å². The fraction of sp³-hybridized carbons (Fsp3) is 0.926. The van der Waals surface area contributed by atoms with Crippen LogP contribution >= 0.6 is 0 Å². The van der Waals surface area contributed by atoms with Crippen LogP contribution in [0.1, 0.15) is 91.4 Å². The Labute approximate surface area is 204 Å². The number of ketones is 2. The minimum atomic E-state index is -1.58. The summed E-state index contributed by atoms with van der Waals surface area (Å²) >= 11 is 0. The minimum Gasteiger partial charge on any atom is -0.394 e. The van der Waals surface area contributed by atoms with Crippen LogP contribution in [0.5, 0.6) is 0 Å². The van der Waals surface area contributed by atoms with Crippen molar-refractivity contribution in [2.45, 2.75) is 109 Å². The van der Waals surface area contributed by atoms with Crippen LogP contribution in [0.2, 0.25) is 0 Å². The molecule has 5 N–H and O–H groups in total. The van der Waals surface area contributed by atoms with Gasteiger partial charge in [-0.2, -0.15) is 0 Å². The summed E-state index contributed by atoms with van der Waals surface area (Å²) in [5.74, 6) is 0.380. The number of fused-ring (bicyclic) bond motifs is 5. The molecule has 0 aromatic heterocycles. The lowest BCUT2D eigenvalue weighted by molar-refractivity contribution is -0.180. The molecule has 196 valence electrons. The number of rotatable bonds is 6. The molecule has 7 heteroatoms. The summed E-state index contributed by atoms with van der Waals surface area (Å²) in [6, 6.07) is 0. The number of carbonyl (C=O) groups is 2. The molecule has 0 heterocycles. The van der Waals surface area contributed by atoms with Crippen LogP contribution in [-0.4, -0.2) is 68.1 Å². The van der Waals surface area contributed by atoms with Crippen molar-refractivity contribution in [1.29, 1.82) is 0 Å². The molecular weight excluding hydrogens is 436 g/mol. The summed E-state index contributed by atoms with van der Waals surface area (Å²) in [4.78, 5) is 25.7. The predicted octanol–water partition coefficient (Wildman–Crippen LogP) is 2.39. The number of unbranched alkanes of at least 4 members (excludes halogenated alkanes) is 1. The van der Waals surface area contributed by atoms with Crippen molar-refractivity contribution in [3.63, 3.8) is 0 Å². The standard InChI is InChI=1S/C21H32O5.C6H14O2/c1-19-7-5-13(23)9-12(19)3-4-14-15-6-8-21(26,17(25)11-22)20(15,2)10-16(24)18(14)19;1-2-3-4-6(8)5-7/h12-15,18,22-23,26H,3-11H2,1-2H3;6-8H,2-5H2,1H3/t12-,13-,14+,15+,18-,19+,20+,21+;/m1./s1. The Hall–Kier alpha value is -0.860. The molecule has 4 saturated carbocycles. The third kappa shape index (κ3) is 4.63. The molecule has 4 aliphatic rings. The number of carbonyl (C=O) groups excluding carboxylic acids is 2. The van der Waals surface area contributed by atoms with E-state index >= 15 is 0 Å². The lowest BCUT2D eigenvalue weighted by atomic mass is 9.44. The number of aliphatic hydroxyl groups is 5. The molecule has 0 radical (unpaired) electrons. The molecule has 4 aliphatic carbocycles. The molecule has 4 rings (SSSR count). The summed E-state index contributed by atoms with van der Waals surface area (Å²) in [6.45, 7) is 5.43. The molecule has 0 aromatic carbocycles. The second kappa shape index (κ2) is 10.6. The number of Topliss-reactive ketones (excluding diaryl/α,β-unsaturated/α-hetero) is 2. The summed E-state index contributed by atoms with van der Waals surface area (Å²) in [5.41, 5.74) is -2.40. The van der Waals surface area contributed by atoms with E-state index < -0.39 is 29.5 Å². The third-order valence-corrected chi connectivity index (χ3v) is 10.2. The maximum Gasteiger partial charge on any atom is 0.190 e. The average molecular weight is 483 g/mol. The van der Waals surface area contributed by atoms with Crippen molar-refractivity contribution in [2.75, 3.05) is 13.2 Å². The molecule has 0 aliphatic heterocycles. The van der Waals surface area contributed by atoms with E-state index in [0.717, 1.165) is 57.8 Å². The van der Waals surface area contributed by atoms with Gasteiger partial charge < -0.3 is 25.5 Å². The normalized spacial score (nSPS) is 44.2. The van der Waals surface area contributed by atoms with Crippen molar-refractivity contribution < 1.29 is 35.1 Å². The van der Waals surface area contributed by atoms with E-state index in [1.165, 1.54) is 0 Å². The monoisotopic (exact) mass is 482 g/mol. The second-order valence-electron chi connectivity index (χ2n) is 12.0. The van der Waals surface area contributed by atoms with Crippen molar-refractivity contribution in [3.05, 3.63) is 0 Å². The molecule has 34 heavy (non-hydrogen) atoms. The van der Waals surface area contributed by atoms with E-state index in [-0.39, 0.29) is 48.1 Å².